The summed E-state index contributed by atoms with van der Waals surface area (Å²) in [5.74, 6) is 0.0384. The maximum atomic E-state index is 12.2. The van der Waals surface area contributed by atoms with Crippen LogP contribution in [0, 0.1) is 6.92 Å². The summed E-state index contributed by atoms with van der Waals surface area (Å²) >= 11 is 0. The quantitative estimate of drug-likeness (QED) is 0.751. The van der Waals surface area contributed by atoms with Crippen LogP contribution >= 0.6 is 0 Å². The maximum Gasteiger partial charge on any atom is 0.194 e. The summed E-state index contributed by atoms with van der Waals surface area (Å²) in [4.78, 5) is 16.3. The number of nitrogens with zero attached hydrogens (tertiary/aromatic N) is 1. The number of benzene rings is 1. The highest BCUT2D eigenvalue weighted by atomic mass is 16.1. The second kappa shape index (κ2) is 4.91. The number of carbonyl (C=O) groups excluding carboxylic acids is 1. The van der Waals surface area contributed by atoms with Gasteiger partial charge >= 0.3 is 0 Å². The smallest absolute Gasteiger partial charge is 0.194 e. The molecule has 0 radical (unpaired) electrons. The molecule has 0 bridgehead atoms. The van der Waals surface area contributed by atoms with Gasteiger partial charge in [-0.05, 0) is 36.6 Å². The molecule has 1 heterocycles. The van der Waals surface area contributed by atoms with Crippen LogP contribution in [0.15, 0.2) is 42.7 Å². The fourth-order valence-electron chi connectivity index (χ4n) is 1.78. The fourth-order valence-corrected chi connectivity index (χ4v) is 1.78. The Morgan fingerprint density at radius 3 is 2.71 bits per heavy atom. The Kier molecular flexibility index (Phi) is 3.33. The predicted octanol–water partition coefficient (Wildman–Crippen LogP) is 3.18. The van der Waals surface area contributed by atoms with Crippen LogP contribution in [0.3, 0.4) is 0 Å². The average Bonchev–Trinajstić information content (AvgIpc) is 2.38. The van der Waals surface area contributed by atoms with Crippen molar-refractivity contribution in [3.8, 4) is 0 Å². The molecule has 2 nitrogen and oxygen atoms in total. The molecule has 0 aliphatic carbocycles. The van der Waals surface area contributed by atoms with Crippen molar-refractivity contribution in [3.63, 3.8) is 0 Å². The predicted molar refractivity (Wildman–Crippen MR) is 68.2 cm³/mol. The molecule has 1 aromatic carbocycles. The second-order valence-electron chi connectivity index (χ2n) is 4.13. The van der Waals surface area contributed by atoms with Gasteiger partial charge in [0.25, 0.3) is 0 Å². The molecule has 86 valence electrons. The Hall–Kier alpha value is -1.96. The minimum Gasteiger partial charge on any atom is -0.289 e. The van der Waals surface area contributed by atoms with Gasteiger partial charge in [0.15, 0.2) is 5.78 Å². The first-order chi connectivity index (χ1) is 8.20. The van der Waals surface area contributed by atoms with Crippen LogP contribution in [0.1, 0.15) is 34.0 Å². The number of pyridine rings is 1. The van der Waals surface area contributed by atoms with E-state index in [1.54, 1.807) is 12.4 Å². The summed E-state index contributed by atoms with van der Waals surface area (Å²) in [6, 6.07) is 9.63. The van der Waals surface area contributed by atoms with Gasteiger partial charge in [-0.15, -0.1) is 0 Å². The Labute approximate surface area is 101 Å². The number of ketones is 1. The Bertz CT molecular complexity index is 546. The minimum atomic E-state index is 0.0384. The van der Waals surface area contributed by atoms with Crippen molar-refractivity contribution >= 4 is 5.78 Å². The number of aryl methyl sites for hydroxylation is 2. The summed E-state index contributed by atoms with van der Waals surface area (Å²) in [5.41, 5.74) is 3.56. The first kappa shape index (κ1) is 11.5. The van der Waals surface area contributed by atoms with Crippen LogP contribution in [0.4, 0.5) is 0 Å². The molecule has 0 amide bonds. The zero-order valence-corrected chi connectivity index (χ0v) is 10.1. The molecule has 0 N–H and O–H groups in total. The van der Waals surface area contributed by atoms with Gasteiger partial charge < -0.3 is 0 Å². The van der Waals surface area contributed by atoms with Crippen molar-refractivity contribution in [2.45, 2.75) is 20.3 Å². The Morgan fingerprint density at radius 2 is 2.00 bits per heavy atom. The normalized spacial score (nSPS) is 10.2. The molecule has 0 atom stereocenters. The molecule has 0 aliphatic heterocycles. The highest BCUT2D eigenvalue weighted by Crippen LogP contribution is 2.12. The van der Waals surface area contributed by atoms with Crippen molar-refractivity contribution < 1.29 is 4.79 Å². The van der Waals surface area contributed by atoms with Crippen LogP contribution in [-0.4, -0.2) is 10.8 Å². The molecule has 2 aromatic rings. The molecule has 0 spiro atoms. The van der Waals surface area contributed by atoms with Gasteiger partial charge in [0.05, 0.1) is 0 Å². The van der Waals surface area contributed by atoms with E-state index < -0.39 is 0 Å². The number of hydrogen-bond donors (Lipinski definition) is 0. The molecule has 2 heteroatoms. The van der Waals surface area contributed by atoms with Crippen molar-refractivity contribution in [2.24, 2.45) is 0 Å². The molecule has 0 saturated heterocycles. The third-order valence-electron chi connectivity index (χ3n) is 2.73. The number of aromatic nitrogens is 1. The van der Waals surface area contributed by atoms with Gasteiger partial charge in [0, 0.05) is 23.5 Å². The summed E-state index contributed by atoms with van der Waals surface area (Å²) in [5, 5.41) is 0. The summed E-state index contributed by atoms with van der Waals surface area (Å²) in [6.45, 7) is 4.02. The summed E-state index contributed by atoms with van der Waals surface area (Å²) in [7, 11) is 0. The highest BCUT2D eigenvalue weighted by molar-refractivity contribution is 6.08. The Balaban J connectivity index is 2.36. The number of hydrogen-bond acceptors (Lipinski definition) is 2. The van der Waals surface area contributed by atoms with Crippen LogP contribution in [0.5, 0.6) is 0 Å². The molecule has 2 rings (SSSR count). The molecule has 0 saturated carbocycles. The minimum absolute atomic E-state index is 0.0384. The van der Waals surface area contributed by atoms with Crippen molar-refractivity contribution in [1.29, 1.82) is 0 Å². The molecule has 0 aliphatic rings. The summed E-state index contributed by atoms with van der Waals surface area (Å²) < 4.78 is 0. The molecule has 1 aromatic heterocycles. The van der Waals surface area contributed by atoms with Gasteiger partial charge in [-0.1, -0.05) is 25.1 Å². The fraction of sp³-hybridized carbons (Fsp3) is 0.200. The summed E-state index contributed by atoms with van der Waals surface area (Å²) in [6.07, 6.45) is 4.31. The van der Waals surface area contributed by atoms with E-state index in [1.807, 2.05) is 37.3 Å². The van der Waals surface area contributed by atoms with Crippen LogP contribution in [0.25, 0.3) is 0 Å². The second-order valence-corrected chi connectivity index (χ2v) is 4.13. The molecular weight excluding hydrogens is 210 g/mol. The van der Waals surface area contributed by atoms with Crippen LogP contribution in [-0.2, 0) is 6.42 Å². The lowest BCUT2D eigenvalue weighted by Gasteiger charge is -2.03. The van der Waals surface area contributed by atoms with Crippen molar-refractivity contribution in [1.82, 2.24) is 4.98 Å². The van der Waals surface area contributed by atoms with E-state index in [9.17, 15) is 4.79 Å². The van der Waals surface area contributed by atoms with E-state index >= 15 is 0 Å². The highest BCUT2D eigenvalue weighted by Gasteiger charge is 2.09. The van der Waals surface area contributed by atoms with Gasteiger partial charge in [-0.3, -0.25) is 9.78 Å². The molecule has 0 fully saturated rings. The van der Waals surface area contributed by atoms with E-state index in [2.05, 4.69) is 11.9 Å². The van der Waals surface area contributed by atoms with Crippen molar-refractivity contribution in [3.05, 3.63) is 65.0 Å². The van der Waals surface area contributed by atoms with Crippen LogP contribution in [0.2, 0.25) is 0 Å². The van der Waals surface area contributed by atoms with E-state index in [0.29, 0.717) is 5.56 Å². The number of carbonyl (C=O) groups is 1. The average molecular weight is 225 g/mol. The standard InChI is InChI=1S/C15H15NO/c1-3-12-5-4-6-13(8-12)15(17)14-7-11(2)9-16-10-14/h4-10H,3H2,1-2H3. The Morgan fingerprint density at radius 1 is 1.18 bits per heavy atom. The first-order valence-corrected chi connectivity index (χ1v) is 5.76. The largest absolute Gasteiger partial charge is 0.289 e. The first-order valence-electron chi connectivity index (χ1n) is 5.76. The third-order valence-corrected chi connectivity index (χ3v) is 2.73. The molecule has 17 heavy (non-hydrogen) atoms. The third kappa shape index (κ3) is 2.59. The van der Waals surface area contributed by atoms with E-state index in [1.165, 1.54) is 5.56 Å². The van der Waals surface area contributed by atoms with Gasteiger partial charge in [-0.2, -0.15) is 0 Å². The van der Waals surface area contributed by atoms with E-state index in [0.717, 1.165) is 17.5 Å². The lowest BCUT2D eigenvalue weighted by molar-refractivity contribution is 0.103. The SMILES string of the molecule is CCc1cccc(C(=O)c2cncc(C)c2)c1. The van der Waals surface area contributed by atoms with Gasteiger partial charge in [-0.25, -0.2) is 0 Å². The van der Waals surface area contributed by atoms with Crippen LogP contribution < -0.4 is 0 Å². The monoisotopic (exact) mass is 225 g/mol. The molecular formula is C15H15NO. The van der Waals surface area contributed by atoms with E-state index in [4.69, 9.17) is 0 Å². The zero-order chi connectivity index (χ0) is 12.3. The topological polar surface area (TPSA) is 30.0 Å². The maximum absolute atomic E-state index is 12.2. The van der Waals surface area contributed by atoms with Gasteiger partial charge in [0.1, 0.15) is 0 Å². The molecule has 0 unspecified atom stereocenters. The number of rotatable bonds is 3. The zero-order valence-electron chi connectivity index (χ0n) is 10.1. The van der Waals surface area contributed by atoms with E-state index in [-0.39, 0.29) is 5.78 Å². The lowest BCUT2D eigenvalue weighted by Crippen LogP contribution is -2.02. The van der Waals surface area contributed by atoms with Gasteiger partial charge in [0.2, 0.25) is 0 Å². The van der Waals surface area contributed by atoms with Crippen molar-refractivity contribution in [2.75, 3.05) is 0 Å². The lowest BCUT2D eigenvalue weighted by atomic mass is 10.0.